The molecule has 0 aliphatic carbocycles. The van der Waals surface area contributed by atoms with Crippen molar-refractivity contribution in [2.24, 2.45) is 0 Å². The van der Waals surface area contributed by atoms with Crippen molar-refractivity contribution in [2.75, 3.05) is 26.2 Å². The highest BCUT2D eigenvalue weighted by molar-refractivity contribution is 6.06. The van der Waals surface area contributed by atoms with Crippen LogP contribution < -0.4 is 0 Å². The number of aromatic amines is 1. The number of alkyl halides is 3. The summed E-state index contributed by atoms with van der Waals surface area (Å²) < 4.78 is 37.6. The van der Waals surface area contributed by atoms with Crippen LogP contribution in [0.4, 0.5) is 13.2 Å². The molecule has 2 aromatic rings. The number of para-hydroxylation sites is 1. The first-order valence-electron chi connectivity index (χ1n) is 7.51. The Bertz CT molecular complexity index is 710. The minimum absolute atomic E-state index is 0.138. The summed E-state index contributed by atoms with van der Waals surface area (Å²) in [6.07, 6.45) is -2.54. The molecule has 0 spiro atoms. The highest BCUT2D eigenvalue weighted by Crippen LogP contribution is 2.23. The molecule has 0 saturated carbocycles. The normalized spacial score (nSPS) is 20.2. The van der Waals surface area contributed by atoms with E-state index in [9.17, 15) is 18.0 Å². The lowest BCUT2D eigenvalue weighted by molar-refractivity contribution is -0.153. The molecule has 1 aliphatic heterocycles. The van der Waals surface area contributed by atoms with Crippen LogP contribution in [0.2, 0.25) is 0 Å². The number of halogens is 3. The Balaban J connectivity index is 1.73. The van der Waals surface area contributed by atoms with Crippen molar-refractivity contribution in [1.29, 1.82) is 0 Å². The zero-order valence-electron chi connectivity index (χ0n) is 12.7. The van der Waals surface area contributed by atoms with Crippen LogP contribution in [0.5, 0.6) is 0 Å². The minimum Gasteiger partial charge on any atom is -0.360 e. The minimum atomic E-state index is -4.21. The van der Waals surface area contributed by atoms with Crippen LogP contribution in [0.3, 0.4) is 0 Å². The van der Waals surface area contributed by atoms with Crippen molar-refractivity contribution in [3.8, 4) is 0 Å². The van der Waals surface area contributed by atoms with Crippen LogP contribution in [0.25, 0.3) is 10.9 Å². The Hall–Kier alpha value is -2.02. The van der Waals surface area contributed by atoms with Gasteiger partial charge in [0.15, 0.2) is 0 Å². The molecule has 0 unspecified atom stereocenters. The Labute approximate surface area is 131 Å². The number of H-pyrrole nitrogens is 1. The molecule has 0 radical (unpaired) electrons. The van der Waals surface area contributed by atoms with Gasteiger partial charge >= 0.3 is 6.18 Å². The highest BCUT2D eigenvalue weighted by Gasteiger charge is 2.36. The van der Waals surface area contributed by atoms with Crippen molar-refractivity contribution < 1.29 is 18.0 Å². The van der Waals surface area contributed by atoms with Crippen LogP contribution in [-0.4, -0.2) is 59.1 Å². The fraction of sp³-hybridized carbons (Fsp3) is 0.438. The molecule has 1 aromatic heterocycles. The number of aromatic nitrogens is 1. The predicted molar refractivity (Wildman–Crippen MR) is 81.3 cm³/mol. The van der Waals surface area contributed by atoms with Crippen molar-refractivity contribution in [3.05, 3.63) is 36.0 Å². The largest absolute Gasteiger partial charge is 0.401 e. The molecule has 0 bridgehead atoms. The number of amides is 1. The van der Waals surface area contributed by atoms with E-state index in [1.807, 2.05) is 24.3 Å². The average molecular weight is 325 g/mol. The Kier molecular flexibility index (Phi) is 4.06. The van der Waals surface area contributed by atoms with Gasteiger partial charge < -0.3 is 9.88 Å². The molecule has 4 nitrogen and oxygen atoms in total. The molecule has 1 atom stereocenters. The number of rotatable bonds is 2. The maximum atomic E-state index is 12.7. The number of benzene rings is 1. The Morgan fingerprint density at radius 3 is 2.74 bits per heavy atom. The number of fused-ring (bicyclic) bond motifs is 1. The quantitative estimate of drug-likeness (QED) is 0.922. The second-order valence-electron chi connectivity index (χ2n) is 5.93. The van der Waals surface area contributed by atoms with Gasteiger partial charge in [-0.2, -0.15) is 13.2 Å². The van der Waals surface area contributed by atoms with E-state index in [4.69, 9.17) is 0 Å². The third-order valence-electron chi connectivity index (χ3n) is 4.25. The number of hydrogen-bond acceptors (Lipinski definition) is 2. The summed E-state index contributed by atoms with van der Waals surface area (Å²) in [5.74, 6) is -0.138. The predicted octanol–water partition coefficient (Wildman–Crippen LogP) is 2.88. The first-order chi connectivity index (χ1) is 10.8. The fourth-order valence-corrected chi connectivity index (χ4v) is 3.06. The molecule has 1 N–H and O–H groups in total. The van der Waals surface area contributed by atoms with E-state index in [1.165, 1.54) is 4.90 Å². The van der Waals surface area contributed by atoms with Gasteiger partial charge in [0, 0.05) is 42.8 Å². The van der Waals surface area contributed by atoms with Crippen LogP contribution in [-0.2, 0) is 0 Å². The number of nitrogens with one attached hydrogen (secondary N) is 1. The molecular weight excluding hydrogens is 307 g/mol. The van der Waals surface area contributed by atoms with Gasteiger partial charge in [-0.15, -0.1) is 0 Å². The molecule has 1 aliphatic rings. The van der Waals surface area contributed by atoms with E-state index in [0.717, 1.165) is 10.9 Å². The van der Waals surface area contributed by atoms with Crippen LogP contribution in [0.15, 0.2) is 30.5 Å². The van der Waals surface area contributed by atoms with Crippen molar-refractivity contribution in [2.45, 2.75) is 19.1 Å². The lowest BCUT2D eigenvalue weighted by Crippen LogP contribution is -2.55. The number of carbonyl (C=O) groups is 1. The van der Waals surface area contributed by atoms with E-state index in [2.05, 4.69) is 4.98 Å². The number of nitrogens with zero attached hydrogens (tertiary/aromatic N) is 2. The smallest absolute Gasteiger partial charge is 0.360 e. The topological polar surface area (TPSA) is 39.3 Å². The van der Waals surface area contributed by atoms with E-state index in [0.29, 0.717) is 18.7 Å². The average Bonchev–Trinajstić information content (AvgIpc) is 2.91. The molecule has 1 saturated heterocycles. The molecule has 3 rings (SSSR count). The third-order valence-corrected chi connectivity index (χ3v) is 4.25. The molecule has 2 heterocycles. The number of piperazine rings is 1. The summed E-state index contributed by atoms with van der Waals surface area (Å²) >= 11 is 0. The van der Waals surface area contributed by atoms with E-state index >= 15 is 0 Å². The molecular formula is C16H18F3N3O. The van der Waals surface area contributed by atoms with Crippen LogP contribution >= 0.6 is 0 Å². The van der Waals surface area contributed by atoms with Gasteiger partial charge in [0.1, 0.15) is 0 Å². The van der Waals surface area contributed by atoms with Gasteiger partial charge in [0.05, 0.1) is 12.1 Å². The summed E-state index contributed by atoms with van der Waals surface area (Å²) in [5, 5.41) is 0.836. The standard InChI is InChI=1S/C16H18F3N3O/c1-11-9-21(6-7-22(11)10-16(17,18)19)15(23)13-8-20-14-5-3-2-4-12(13)14/h2-5,8,11,20H,6-7,9-10H2,1H3/t11-/m1/s1. The second-order valence-corrected chi connectivity index (χ2v) is 5.93. The van der Waals surface area contributed by atoms with Crippen molar-refractivity contribution in [3.63, 3.8) is 0 Å². The van der Waals surface area contributed by atoms with Crippen molar-refractivity contribution >= 4 is 16.8 Å². The van der Waals surface area contributed by atoms with Gasteiger partial charge in [-0.25, -0.2) is 0 Å². The maximum absolute atomic E-state index is 12.7. The van der Waals surface area contributed by atoms with Gasteiger partial charge in [-0.3, -0.25) is 9.69 Å². The highest BCUT2D eigenvalue weighted by atomic mass is 19.4. The number of hydrogen-bond donors (Lipinski definition) is 1. The summed E-state index contributed by atoms with van der Waals surface area (Å²) in [4.78, 5) is 18.7. The Morgan fingerprint density at radius 1 is 1.30 bits per heavy atom. The van der Waals surface area contributed by atoms with E-state index < -0.39 is 12.7 Å². The van der Waals surface area contributed by atoms with Crippen LogP contribution in [0.1, 0.15) is 17.3 Å². The lowest BCUT2D eigenvalue weighted by Gasteiger charge is -2.40. The van der Waals surface area contributed by atoms with Gasteiger partial charge in [-0.1, -0.05) is 18.2 Å². The summed E-state index contributed by atoms with van der Waals surface area (Å²) in [6, 6.07) is 7.17. The summed E-state index contributed by atoms with van der Waals surface area (Å²) in [5.41, 5.74) is 1.44. The van der Waals surface area contributed by atoms with E-state index in [-0.39, 0.29) is 18.5 Å². The SMILES string of the molecule is C[C@@H]1CN(C(=O)c2c[nH]c3ccccc23)CCN1CC(F)(F)F. The van der Waals surface area contributed by atoms with Crippen LogP contribution in [0, 0.1) is 0 Å². The zero-order valence-corrected chi connectivity index (χ0v) is 12.7. The summed E-state index contributed by atoms with van der Waals surface area (Å²) in [7, 11) is 0. The van der Waals surface area contributed by atoms with Gasteiger partial charge in [0.25, 0.3) is 5.91 Å². The molecule has 7 heteroatoms. The molecule has 1 amide bonds. The van der Waals surface area contributed by atoms with Gasteiger partial charge in [0.2, 0.25) is 0 Å². The zero-order chi connectivity index (χ0) is 16.6. The second kappa shape index (κ2) is 5.88. The monoisotopic (exact) mass is 325 g/mol. The fourth-order valence-electron chi connectivity index (χ4n) is 3.06. The first kappa shape index (κ1) is 15.9. The van der Waals surface area contributed by atoms with E-state index in [1.54, 1.807) is 18.0 Å². The molecule has 1 fully saturated rings. The Morgan fingerprint density at radius 2 is 2.04 bits per heavy atom. The lowest BCUT2D eigenvalue weighted by atomic mass is 10.1. The molecule has 23 heavy (non-hydrogen) atoms. The first-order valence-corrected chi connectivity index (χ1v) is 7.51. The molecule has 124 valence electrons. The molecule has 1 aromatic carbocycles. The van der Waals surface area contributed by atoms with Gasteiger partial charge in [-0.05, 0) is 13.0 Å². The summed E-state index contributed by atoms with van der Waals surface area (Å²) in [6.45, 7) is 1.63. The number of carbonyl (C=O) groups excluding carboxylic acids is 1. The third kappa shape index (κ3) is 3.34. The van der Waals surface area contributed by atoms with Crippen molar-refractivity contribution in [1.82, 2.24) is 14.8 Å². The maximum Gasteiger partial charge on any atom is 0.401 e.